The minimum absolute atomic E-state index is 0.0349. The quantitative estimate of drug-likeness (QED) is 0.0161. The zero-order valence-corrected chi connectivity index (χ0v) is 45.0. The standard InChI is InChI=1S/C57H103N2O7P/c1-7-10-13-16-19-22-25-28-29-32-34-37-40-43-46-49-56(60)58-54(53-65-67(62,63)64-52-51-59(4,5)6)55(48-45-42-39-36-33-30-26-23-20-17-14-11-8-2)66-57(61)50-47-44-41-38-35-31-27-24-21-18-15-12-9-3/h10,13,16,19,22,25,31,35,41,44-45,48,54-55H,7-9,11-12,14-15,17-18,20-21,23-24,26-30,32-34,36-40,42-43,46-47,49-53H2,1-6H3,(H-,58,60,62,63)/b13-10+,19-16+,25-22+,35-31-,44-41+,48-45+. The van der Waals surface area contributed by atoms with Crippen molar-refractivity contribution >= 4 is 19.7 Å². The molecule has 67 heavy (non-hydrogen) atoms. The van der Waals surface area contributed by atoms with Crippen LogP contribution in [0.2, 0.25) is 0 Å². The van der Waals surface area contributed by atoms with Gasteiger partial charge in [0.2, 0.25) is 5.91 Å². The van der Waals surface area contributed by atoms with E-state index >= 15 is 0 Å². The summed E-state index contributed by atoms with van der Waals surface area (Å²) in [6.45, 7) is 6.64. The lowest BCUT2D eigenvalue weighted by molar-refractivity contribution is -0.870. The van der Waals surface area contributed by atoms with E-state index in [-0.39, 0.29) is 18.9 Å². The Morgan fingerprint density at radius 2 is 1.03 bits per heavy atom. The molecule has 0 bridgehead atoms. The molecule has 0 rings (SSSR count). The van der Waals surface area contributed by atoms with Crippen LogP contribution in [0.25, 0.3) is 0 Å². The lowest BCUT2D eigenvalue weighted by Gasteiger charge is -2.30. The minimum atomic E-state index is -4.71. The van der Waals surface area contributed by atoms with Gasteiger partial charge in [-0.1, -0.05) is 216 Å². The van der Waals surface area contributed by atoms with Crippen LogP contribution in [-0.4, -0.2) is 69.4 Å². The van der Waals surface area contributed by atoms with Crippen molar-refractivity contribution < 1.29 is 37.3 Å². The van der Waals surface area contributed by atoms with Gasteiger partial charge in [-0.25, -0.2) is 0 Å². The second kappa shape index (κ2) is 47.1. The summed E-state index contributed by atoms with van der Waals surface area (Å²) < 4.78 is 30.1. The van der Waals surface area contributed by atoms with Crippen molar-refractivity contribution in [1.82, 2.24) is 5.32 Å². The zero-order chi connectivity index (χ0) is 49.4. The van der Waals surface area contributed by atoms with E-state index in [2.05, 4.69) is 80.8 Å². The van der Waals surface area contributed by atoms with Crippen LogP contribution in [0.1, 0.15) is 226 Å². The van der Waals surface area contributed by atoms with E-state index in [1.807, 2.05) is 33.3 Å². The number of carbonyl (C=O) groups excluding carboxylic acids is 2. The largest absolute Gasteiger partial charge is 0.756 e. The summed E-state index contributed by atoms with van der Waals surface area (Å²) in [5.41, 5.74) is 0. The van der Waals surface area contributed by atoms with E-state index in [0.29, 0.717) is 23.9 Å². The molecule has 0 aliphatic rings. The number of nitrogens with one attached hydrogen (secondary N) is 1. The SMILES string of the molecule is CC/C=C/C=C/C=C/CCCCCCCCCC(=O)NC(COP(=O)([O-])OCC[N+](C)(C)C)C(/C=C/CCCCCCCCCCCCC)OC(=O)CC/C=C/C/C=C\CCCCCCCC. The van der Waals surface area contributed by atoms with Gasteiger partial charge in [0.25, 0.3) is 7.82 Å². The van der Waals surface area contributed by atoms with Crippen LogP contribution in [0.15, 0.2) is 72.9 Å². The van der Waals surface area contributed by atoms with Crippen molar-refractivity contribution in [3.8, 4) is 0 Å². The van der Waals surface area contributed by atoms with Crippen molar-refractivity contribution in [1.29, 1.82) is 0 Å². The summed E-state index contributed by atoms with van der Waals surface area (Å²) in [5, 5.41) is 2.99. The molecule has 1 N–H and O–H groups in total. The molecule has 0 aromatic heterocycles. The Balaban J connectivity index is 5.51. The predicted molar refractivity (Wildman–Crippen MR) is 284 cm³/mol. The molecule has 0 aliphatic carbocycles. The molecule has 0 saturated carbocycles. The van der Waals surface area contributed by atoms with Crippen LogP contribution in [0, 0.1) is 0 Å². The van der Waals surface area contributed by atoms with E-state index in [1.165, 1.54) is 116 Å². The summed E-state index contributed by atoms with van der Waals surface area (Å²) in [5.74, 6) is -0.636. The van der Waals surface area contributed by atoms with Crippen LogP contribution in [-0.2, 0) is 27.9 Å². The summed E-state index contributed by atoms with van der Waals surface area (Å²) in [6, 6.07) is -0.918. The van der Waals surface area contributed by atoms with Crippen molar-refractivity contribution in [3.05, 3.63) is 72.9 Å². The fraction of sp³-hybridized carbons (Fsp3) is 0.754. The first-order valence-electron chi connectivity index (χ1n) is 27.3. The summed E-state index contributed by atoms with van der Waals surface area (Å²) in [4.78, 5) is 39.7. The van der Waals surface area contributed by atoms with E-state index in [1.54, 1.807) is 6.08 Å². The molecule has 0 saturated heterocycles. The highest BCUT2D eigenvalue weighted by molar-refractivity contribution is 7.45. The molecule has 3 unspecified atom stereocenters. The summed E-state index contributed by atoms with van der Waals surface area (Å²) in [7, 11) is 1.14. The Bertz CT molecular complexity index is 1380. The third kappa shape index (κ3) is 48.3. The number of likely N-dealkylation sites (N-methyl/N-ethyl adjacent to an activating group) is 1. The highest BCUT2D eigenvalue weighted by Gasteiger charge is 2.27. The number of esters is 1. The first-order valence-corrected chi connectivity index (χ1v) is 28.7. The van der Waals surface area contributed by atoms with Gasteiger partial charge in [-0.3, -0.25) is 14.2 Å². The predicted octanol–water partition coefficient (Wildman–Crippen LogP) is 15.5. The Morgan fingerprint density at radius 1 is 0.552 bits per heavy atom. The maximum atomic E-state index is 13.4. The second-order valence-electron chi connectivity index (χ2n) is 19.4. The van der Waals surface area contributed by atoms with E-state index in [9.17, 15) is 19.0 Å². The van der Waals surface area contributed by atoms with Crippen LogP contribution >= 0.6 is 7.82 Å². The minimum Gasteiger partial charge on any atom is -0.756 e. The molecule has 388 valence electrons. The molecule has 0 spiro atoms. The second-order valence-corrected chi connectivity index (χ2v) is 20.8. The van der Waals surface area contributed by atoms with Gasteiger partial charge in [0.05, 0.1) is 33.8 Å². The highest BCUT2D eigenvalue weighted by atomic mass is 31.2. The molecule has 0 aromatic carbocycles. The molecule has 0 radical (unpaired) electrons. The number of allylic oxidation sites excluding steroid dienone is 11. The molecular weight excluding hydrogens is 856 g/mol. The highest BCUT2D eigenvalue weighted by Crippen LogP contribution is 2.38. The van der Waals surface area contributed by atoms with Gasteiger partial charge >= 0.3 is 5.97 Å². The maximum Gasteiger partial charge on any atom is 0.306 e. The number of nitrogens with zero attached hydrogens (tertiary/aromatic N) is 1. The fourth-order valence-electron chi connectivity index (χ4n) is 7.46. The van der Waals surface area contributed by atoms with Crippen LogP contribution in [0.4, 0.5) is 0 Å². The maximum absolute atomic E-state index is 13.4. The first-order chi connectivity index (χ1) is 32.4. The molecule has 1 amide bonds. The number of ether oxygens (including phenoxy) is 1. The average Bonchev–Trinajstić information content (AvgIpc) is 3.28. The number of hydrogen-bond acceptors (Lipinski definition) is 7. The first kappa shape index (κ1) is 64.5. The summed E-state index contributed by atoms with van der Waals surface area (Å²) in [6.07, 6.45) is 58.8. The van der Waals surface area contributed by atoms with E-state index < -0.39 is 32.5 Å². The number of phosphoric acid groups is 1. The monoisotopic (exact) mass is 959 g/mol. The fourth-order valence-corrected chi connectivity index (χ4v) is 8.18. The number of hydrogen-bond donors (Lipinski definition) is 1. The smallest absolute Gasteiger partial charge is 0.306 e. The summed E-state index contributed by atoms with van der Waals surface area (Å²) >= 11 is 0. The molecule has 0 fully saturated rings. The lowest BCUT2D eigenvalue weighted by Crippen LogP contribution is -2.47. The number of carbonyl (C=O) groups is 2. The van der Waals surface area contributed by atoms with Crippen LogP contribution in [0.5, 0.6) is 0 Å². The van der Waals surface area contributed by atoms with Crippen LogP contribution in [0.3, 0.4) is 0 Å². The third-order valence-corrected chi connectivity index (χ3v) is 12.7. The molecule has 9 nitrogen and oxygen atoms in total. The van der Waals surface area contributed by atoms with Gasteiger partial charge in [-0.05, 0) is 70.3 Å². The average molecular weight is 959 g/mol. The zero-order valence-electron chi connectivity index (χ0n) is 44.1. The van der Waals surface area contributed by atoms with Crippen molar-refractivity contribution in [3.63, 3.8) is 0 Å². The van der Waals surface area contributed by atoms with Gasteiger partial charge in [-0.15, -0.1) is 0 Å². The van der Waals surface area contributed by atoms with Crippen molar-refractivity contribution in [2.45, 2.75) is 238 Å². The van der Waals surface area contributed by atoms with Gasteiger partial charge in [0.15, 0.2) is 0 Å². The number of phosphoric ester groups is 1. The van der Waals surface area contributed by atoms with Gasteiger partial charge in [0.1, 0.15) is 19.3 Å². The Morgan fingerprint density at radius 3 is 1.57 bits per heavy atom. The molecule has 0 heterocycles. The molecule has 3 atom stereocenters. The van der Waals surface area contributed by atoms with Crippen LogP contribution < -0.4 is 10.2 Å². The molecule has 0 aromatic rings. The Kier molecular flexibility index (Phi) is 45.3. The molecular formula is C57H103N2O7P. The normalized spacial score (nSPS) is 14.4. The van der Waals surface area contributed by atoms with Gasteiger partial charge in [0, 0.05) is 12.8 Å². The topological polar surface area (TPSA) is 114 Å². The van der Waals surface area contributed by atoms with Crippen molar-refractivity contribution in [2.24, 2.45) is 0 Å². The van der Waals surface area contributed by atoms with Gasteiger partial charge < -0.3 is 28.5 Å². The Hall–Kier alpha value is -2.55. The van der Waals surface area contributed by atoms with Crippen molar-refractivity contribution in [2.75, 3.05) is 40.9 Å². The molecule has 10 heteroatoms. The van der Waals surface area contributed by atoms with E-state index in [4.69, 9.17) is 13.8 Å². The lowest BCUT2D eigenvalue weighted by atomic mass is 10.0. The number of rotatable bonds is 48. The number of amides is 1. The Labute approximate surface area is 413 Å². The van der Waals surface area contributed by atoms with Gasteiger partial charge in [-0.2, -0.15) is 0 Å². The van der Waals surface area contributed by atoms with E-state index in [0.717, 1.165) is 70.6 Å². The molecule has 0 aliphatic heterocycles. The number of quaternary nitrogens is 1. The third-order valence-electron chi connectivity index (χ3n) is 11.7. The number of unbranched alkanes of at least 4 members (excludes halogenated alkanes) is 24.